The second-order valence-electron chi connectivity index (χ2n) is 2.04. The van der Waals surface area contributed by atoms with Crippen molar-refractivity contribution in [2.45, 2.75) is 6.42 Å². The van der Waals surface area contributed by atoms with Crippen LogP contribution in [0.1, 0.15) is 6.42 Å². The van der Waals surface area contributed by atoms with Crippen molar-refractivity contribution in [1.29, 1.82) is 0 Å². The normalized spacial score (nSPS) is 8.88. The summed E-state index contributed by atoms with van der Waals surface area (Å²) >= 11 is 0. The van der Waals surface area contributed by atoms with Crippen LogP contribution in [0.15, 0.2) is 12.7 Å². The lowest BCUT2D eigenvalue weighted by Crippen LogP contribution is -1.91. The third-order valence-corrected chi connectivity index (χ3v) is 0.684. The first kappa shape index (κ1) is 20.6. The Kier molecular flexibility index (Phi) is 18.4. The third kappa shape index (κ3) is 72.2. The summed E-state index contributed by atoms with van der Waals surface area (Å²) in [5, 5.41) is 15.8. The van der Waals surface area contributed by atoms with Gasteiger partial charge in [-0.25, -0.2) is 9.36 Å². The second kappa shape index (κ2) is 14.2. The molecule has 0 spiro atoms. The molecule has 16 heavy (non-hydrogen) atoms. The number of ether oxygens (including phenoxy) is 1. The Labute approximate surface area is 93.0 Å². The van der Waals surface area contributed by atoms with Crippen molar-refractivity contribution in [3.63, 3.8) is 0 Å². The number of aliphatic hydroxyl groups is 2. The molecule has 0 aliphatic carbocycles. The van der Waals surface area contributed by atoms with Gasteiger partial charge in [0.15, 0.2) is 0 Å². The van der Waals surface area contributed by atoms with E-state index in [1.165, 1.54) is 7.11 Å². The fraction of sp³-hybridized carbons (Fsp3) is 0.571. The molecule has 0 fully saturated rings. The summed E-state index contributed by atoms with van der Waals surface area (Å²) in [5.41, 5.74) is 0. The van der Waals surface area contributed by atoms with Gasteiger partial charge in [0, 0.05) is 19.3 Å². The zero-order chi connectivity index (χ0) is 13.6. The van der Waals surface area contributed by atoms with Crippen molar-refractivity contribution in [3.8, 4) is 0 Å². The van der Waals surface area contributed by atoms with E-state index in [0.717, 1.165) is 6.08 Å². The number of esters is 1. The summed E-state index contributed by atoms with van der Waals surface area (Å²) in [4.78, 5) is 31.4. The van der Waals surface area contributed by atoms with Crippen molar-refractivity contribution in [1.82, 2.24) is 0 Å². The molecule has 0 bridgehead atoms. The Morgan fingerprint density at radius 1 is 1.31 bits per heavy atom. The molecule has 98 valence electrons. The topological polar surface area (TPSA) is 145 Å². The van der Waals surface area contributed by atoms with Crippen LogP contribution in [0.2, 0.25) is 0 Å². The number of hydrogen-bond acceptors (Lipinski definition) is 5. The minimum absolute atomic E-state index is 0.0938. The van der Waals surface area contributed by atoms with E-state index in [0.29, 0.717) is 6.42 Å². The molecule has 0 aromatic heterocycles. The van der Waals surface area contributed by atoms with Crippen molar-refractivity contribution < 1.29 is 39.0 Å². The molecular formula is C7H17O8P. The average Bonchev–Trinajstić information content (AvgIpc) is 2.16. The molecule has 0 aliphatic rings. The number of methoxy groups -OCH3 is 1. The van der Waals surface area contributed by atoms with Gasteiger partial charge in [-0.05, 0) is 6.42 Å². The predicted octanol–water partition coefficient (Wildman–Crippen LogP) is -1.22. The van der Waals surface area contributed by atoms with Crippen LogP contribution >= 0.6 is 7.82 Å². The van der Waals surface area contributed by atoms with E-state index in [-0.39, 0.29) is 13.2 Å². The van der Waals surface area contributed by atoms with Gasteiger partial charge in [0.25, 0.3) is 0 Å². The summed E-state index contributed by atoms with van der Waals surface area (Å²) in [7, 11) is -3.33. The maximum Gasteiger partial charge on any atom is 0.466 e. The van der Waals surface area contributed by atoms with Crippen molar-refractivity contribution in [3.05, 3.63) is 12.7 Å². The highest BCUT2D eigenvalue weighted by Crippen LogP contribution is 2.25. The number of carbonyl (C=O) groups excluding carboxylic acids is 1. The van der Waals surface area contributed by atoms with E-state index in [9.17, 15) is 4.79 Å². The van der Waals surface area contributed by atoms with Crippen molar-refractivity contribution in [2.24, 2.45) is 0 Å². The van der Waals surface area contributed by atoms with Gasteiger partial charge in [0.1, 0.15) is 0 Å². The van der Waals surface area contributed by atoms with E-state index < -0.39 is 13.8 Å². The molecule has 0 aromatic carbocycles. The smallest absolute Gasteiger partial charge is 0.466 e. The lowest BCUT2D eigenvalue weighted by atomic mass is 10.5. The molecule has 0 saturated heterocycles. The Morgan fingerprint density at radius 3 is 1.62 bits per heavy atom. The van der Waals surface area contributed by atoms with E-state index in [2.05, 4.69) is 11.3 Å². The third-order valence-electron chi connectivity index (χ3n) is 0.684. The maximum atomic E-state index is 9.84. The quantitative estimate of drug-likeness (QED) is 0.241. The second-order valence-corrected chi connectivity index (χ2v) is 3.07. The Morgan fingerprint density at radius 2 is 1.62 bits per heavy atom. The summed E-state index contributed by atoms with van der Waals surface area (Å²) in [6.07, 6.45) is 1.61. The fourth-order valence-corrected chi connectivity index (χ4v) is 0.154. The Hall–Kier alpha value is -0.760. The summed E-state index contributed by atoms with van der Waals surface area (Å²) in [6, 6.07) is 0. The average molecular weight is 260 g/mol. The molecule has 0 radical (unpaired) electrons. The molecule has 5 N–H and O–H groups in total. The SMILES string of the molecule is C=CC(=O)OC.O=P(O)(O)O.OCCCO. The molecule has 0 aromatic rings. The first-order valence-corrected chi connectivity index (χ1v) is 5.49. The zero-order valence-corrected chi connectivity index (χ0v) is 9.71. The van der Waals surface area contributed by atoms with Crippen molar-refractivity contribution >= 4 is 13.8 Å². The first-order chi connectivity index (χ1) is 7.22. The molecule has 0 rings (SSSR count). The highest BCUT2D eigenvalue weighted by atomic mass is 31.2. The van der Waals surface area contributed by atoms with E-state index in [4.69, 9.17) is 29.5 Å². The molecule has 0 heterocycles. The van der Waals surface area contributed by atoms with Crippen LogP contribution in [-0.4, -0.2) is 51.2 Å². The molecule has 0 saturated carbocycles. The van der Waals surface area contributed by atoms with Gasteiger partial charge in [-0.1, -0.05) is 6.58 Å². The van der Waals surface area contributed by atoms with Crippen LogP contribution in [0.3, 0.4) is 0 Å². The number of aliphatic hydroxyl groups excluding tert-OH is 2. The number of carbonyl (C=O) groups is 1. The molecule has 0 amide bonds. The number of phosphoric acid groups is 1. The first-order valence-electron chi connectivity index (χ1n) is 3.93. The molecule has 0 aliphatic heterocycles. The van der Waals surface area contributed by atoms with Crippen LogP contribution in [-0.2, 0) is 14.1 Å². The number of hydrogen-bond donors (Lipinski definition) is 5. The lowest BCUT2D eigenvalue weighted by Gasteiger charge is -1.83. The van der Waals surface area contributed by atoms with Gasteiger partial charge in [-0.2, -0.15) is 0 Å². The fourth-order valence-electron chi connectivity index (χ4n) is 0.154. The van der Waals surface area contributed by atoms with Crippen LogP contribution in [0.4, 0.5) is 0 Å². The standard InChI is InChI=1S/C4H6O2.C3H8O2.H3O4P/c1-3-4(5)6-2;4-2-1-3-5;1-5(2,3)4/h3H,1H2,2H3;4-5H,1-3H2;(H3,1,2,3,4). The van der Waals surface area contributed by atoms with Gasteiger partial charge in [0.2, 0.25) is 0 Å². The van der Waals surface area contributed by atoms with Gasteiger partial charge in [-0.15, -0.1) is 0 Å². The zero-order valence-electron chi connectivity index (χ0n) is 8.81. The molecule has 0 unspecified atom stereocenters. The van der Waals surface area contributed by atoms with Crippen molar-refractivity contribution in [2.75, 3.05) is 20.3 Å². The van der Waals surface area contributed by atoms with Gasteiger partial charge in [0.05, 0.1) is 7.11 Å². The van der Waals surface area contributed by atoms with Crippen LogP contribution in [0.25, 0.3) is 0 Å². The van der Waals surface area contributed by atoms with Gasteiger partial charge >= 0.3 is 13.8 Å². The summed E-state index contributed by atoms with van der Waals surface area (Å²) < 4.78 is 13.0. The highest BCUT2D eigenvalue weighted by Gasteiger charge is 2.00. The summed E-state index contributed by atoms with van der Waals surface area (Å²) in [5.74, 6) is -0.394. The largest absolute Gasteiger partial charge is 0.466 e. The molecule has 9 heteroatoms. The minimum Gasteiger partial charge on any atom is -0.466 e. The van der Waals surface area contributed by atoms with Crippen LogP contribution < -0.4 is 0 Å². The monoisotopic (exact) mass is 260 g/mol. The molecule has 0 atom stereocenters. The maximum absolute atomic E-state index is 9.84. The minimum atomic E-state index is -4.64. The van der Waals surface area contributed by atoms with Gasteiger partial charge in [-0.3, -0.25) is 0 Å². The van der Waals surface area contributed by atoms with Crippen LogP contribution in [0.5, 0.6) is 0 Å². The van der Waals surface area contributed by atoms with Crippen LogP contribution in [0, 0.1) is 0 Å². The Balaban J connectivity index is -0.000000160. The highest BCUT2D eigenvalue weighted by molar-refractivity contribution is 7.45. The van der Waals surface area contributed by atoms with E-state index in [1.807, 2.05) is 0 Å². The summed E-state index contributed by atoms with van der Waals surface area (Å²) in [6.45, 7) is 3.34. The molecule has 8 nitrogen and oxygen atoms in total. The van der Waals surface area contributed by atoms with E-state index in [1.54, 1.807) is 0 Å². The lowest BCUT2D eigenvalue weighted by molar-refractivity contribution is -0.134. The predicted molar refractivity (Wildman–Crippen MR) is 55.3 cm³/mol. The molecular weight excluding hydrogens is 243 g/mol. The number of rotatable bonds is 3. The van der Waals surface area contributed by atoms with E-state index >= 15 is 0 Å². The van der Waals surface area contributed by atoms with Gasteiger partial charge < -0.3 is 29.6 Å². The Bertz CT molecular complexity index is 200.